The second kappa shape index (κ2) is 7.87. The first-order valence-electron chi connectivity index (χ1n) is 8.63. The van der Waals surface area contributed by atoms with Gasteiger partial charge in [0.05, 0.1) is 6.54 Å². The van der Waals surface area contributed by atoms with E-state index in [4.69, 9.17) is 5.11 Å². The van der Waals surface area contributed by atoms with Gasteiger partial charge in [0.2, 0.25) is 0 Å². The number of nitrogens with one attached hydrogen (secondary N) is 1. The van der Waals surface area contributed by atoms with Crippen LogP contribution in [0.4, 0.5) is 8.78 Å². The number of carbonyl (C=O) groups is 2. The summed E-state index contributed by atoms with van der Waals surface area (Å²) >= 11 is 1.11. The number of hydrogen-bond donors (Lipinski definition) is 2. The Kier molecular flexibility index (Phi) is 5.76. The minimum absolute atomic E-state index is 0.0122. The van der Waals surface area contributed by atoms with Crippen molar-refractivity contribution in [2.75, 3.05) is 13.1 Å². The zero-order valence-electron chi connectivity index (χ0n) is 14.4. The number of aliphatic carboxylic acids is 1. The van der Waals surface area contributed by atoms with E-state index in [0.717, 1.165) is 30.7 Å². The van der Waals surface area contributed by atoms with Crippen LogP contribution < -0.4 is 10.1 Å². The molecule has 2 aliphatic rings. The molecule has 0 bridgehead atoms. The summed E-state index contributed by atoms with van der Waals surface area (Å²) in [5.74, 6) is -0.779. The van der Waals surface area contributed by atoms with Gasteiger partial charge >= 0.3 is 12.6 Å². The highest BCUT2D eigenvalue weighted by atomic mass is 32.1. The van der Waals surface area contributed by atoms with E-state index >= 15 is 0 Å². The molecule has 0 aliphatic heterocycles. The third-order valence-electron chi connectivity index (χ3n) is 4.74. The fraction of sp³-hybridized carbons (Fsp3) is 0.647. The van der Waals surface area contributed by atoms with Gasteiger partial charge in [-0.15, -0.1) is 11.3 Å². The quantitative estimate of drug-likeness (QED) is 0.680. The molecule has 0 unspecified atom stereocenters. The molecular weight excluding hydrogens is 366 g/mol. The smallest absolute Gasteiger partial charge is 0.387 e. The van der Waals surface area contributed by atoms with E-state index in [2.05, 4.69) is 10.1 Å². The average Bonchev–Trinajstić information content (AvgIpc) is 3.22. The van der Waals surface area contributed by atoms with Gasteiger partial charge in [-0.05, 0) is 44.6 Å². The fourth-order valence-electron chi connectivity index (χ4n) is 3.24. The van der Waals surface area contributed by atoms with Crippen molar-refractivity contribution in [3.63, 3.8) is 0 Å². The van der Waals surface area contributed by atoms with Gasteiger partial charge in [0.15, 0.2) is 0 Å². The molecule has 1 amide bonds. The Morgan fingerprint density at radius 2 is 2.12 bits per heavy atom. The summed E-state index contributed by atoms with van der Waals surface area (Å²) in [6.45, 7) is -0.455. The van der Waals surface area contributed by atoms with Crippen LogP contribution in [-0.4, -0.2) is 53.7 Å². The SMILES string of the molecule is Cc1cc(OC(F)F)c(C(=O)NC2CC(N(CC(=O)O)CC3CC3)C2)s1. The van der Waals surface area contributed by atoms with Crippen LogP contribution in [0.25, 0.3) is 0 Å². The molecule has 3 rings (SSSR count). The molecule has 1 aromatic rings. The Labute approximate surface area is 154 Å². The maximum Gasteiger partial charge on any atom is 0.387 e. The van der Waals surface area contributed by atoms with E-state index in [-0.39, 0.29) is 29.3 Å². The summed E-state index contributed by atoms with van der Waals surface area (Å²) in [5, 5.41) is 11.9. The van der Waals surface area contributed by atoms with Crippen LogP contribution in [0.3, 0.4) is 0 Å². The third-order valence-corrected chi connectivity index (χ3v) is 5.77. The zero-order chi connectivity index (χ0) is 18.8. The predicted octanol–water partition coefficient (Wildman–Crippen LogP) is 2.72. The maximum absolute atomic E-state index is 12.5. The van der Waals surface area contributed by atoms with Gasteiger partial charge in [0.25, 0.3) is 5.91 Å². The molecule has 2 N–H and O–H groups in total. The fourth-order valence-corrected chi connectivity index (χ4v) is 4.08. The van der Waals surface area contributed by atoms with Crippen molar-refractivity contribution in [3.8, 4) is 5.75 Å². The number of ether oxygens (including phenoxy) is 1. The molecule has 144 valence electrons. The number of alkyl halides is 2. The van der Waals surface area contributed by atoms with Gasteiger partial charge < -0.3 is 15.2 Å². The molecule has 0 aromatic carbocycles. The van der Waals surface area contributed by atoms with Gasteiger partial charge in [-0.3, -0.25) is 14.5 Å². The van der Waals surface area contributed by atoms with E-state index in [0.29, 0.717) is 23.6 Å². The number of thiophene rings is 1. The number of carboxylic acids is 1. The summed E-state index contributed by atoms with van der Waals surface area (Å²) in [5.41, 5.74) is 0. The monoisotopic (exact) mass is 388 g/mol. The van der Waals surface area contributed by atoms with E-state index in [1.807, 2.05) is 4.90 Å². The number of hydrogen-bond acceptors (Lipinski definition) is 5. The Morgan fingerprint density at radius 3 is 2.69 bits per heavy atom. The number of carbonyl (C=O) groups excluding carboxylic acids is 1. The minimum Gasteiger partial charge on any atom is -0.480 e. The molecule has 9 heteroatoms. The second-order valence-corrected chi connectivity index (χ2v) is 8.25. The highest BCUT2D eigenvalue weighted by molar-refractivity contribution is 7.14. The molecule has 2 saturated carbocycles. The van der Waals surface area contributed by atoms with Crippen LogP contribution in [0.1, 0.15) is 40.2 Å². The summed E-state index contributed by atoms with van der Waals surface area (Å²) in [7, 11) is 0. The lowest BCUT2D eigenvalue weighted by Gasteiger charge is -2.42. The van der Waals surface area contributed by atoms with Gasteiger partial charge in [-0.1, -0.05) is 0 Å². The second-order valence-electron chi connectivity index (χ2n) is 6.99. The molecule has 0 saturated heterocycles. The predicted molar refractivity (Wildman–Crippen MR) is 91.9 cm³/mol. The number of aryl methyl sites for hydroxylation is 1. The molecule has 26 heavy (non-hydrogen) atoms. The number of halogens is 2. The summed E-state index contributed by atoms with van der Waals surface area (Å²) in [6, 6.07) is 1.49. The van der Waals surface area contributed by atoms with Crippen molar-refractivity contribution in [2.45, 2.75) is 51.3 Å². The highest BCUT2D eigenvalue weighted by Crippen LogP contribution is 2.35. The van der Waals surface area contributed by atoms with Crippen LogP contribution in [0.15, 0.2) is 6.07 Å². The maximum atomic E-state index is 12.5. The van der Waals surface area contributed by atoms with Crippen molar-refractivity contribution in [2.24, 2.45) is 5.92 Å². The molecule has 0 radical (unpaired) electrons. The molecule has 2 fully saturated rings. The Morgan fingerprint density at radius 1 is 1.42 bits per heavy atom. The molecule has 6 nitrogen and oxygen atoms in total. The molecular formula is C17H22F2N2O4S. The lowest BCUT2D eigenvalue weighted by molar-refractivity contribution is -0.139. The van der Waals surface area contributed by atoms with Gasteiger partial charge in [0.1, 0.15) is 10.6 Å². The van der Waals surface area contributed by atoms with Crippen molar-refractivity contribution < 1.29 is 28.2 Å². The number of rotatable bonds is 9. The standard InChI is InChI=1S/C17H22F2N2O4S/c1-9-4-13(25-17(18)19)15(26-9)16(24)20-11-5-12(6-11)21(8-14(22)23)7-10-2-3-10/h4,10-12,17H,2-3,5-8H2,1H3,(H,20,24)(H,22,23). The lowest BCUT2D eigenvalue weighted by atomic mass is 9.85. The summed E-state index contributed by atoms with van der Waals surface area (Å²) in [6.07, 6.45) is 3.63. The Hall–Kier alpha value is -1.74. The van der Waals surface area contributed by atoms with Crippen LogP contribution >= 0.6 is 11.3 Å². The Balaban J connectivity index is 1.53. The van der Waals surface area contributed by atoms with E-state index in [1.54, 1.807) is 6.92 Å². The largest absolute Gasteiger partial charge is 0.480 e. The summed E-state index contributed by atoms with van der Waals surface area (Å²) < 4.78 is 29.3. The van der Waals surface area contributed by atoms with Gasteiger partial charge in [-0.25, -0.2) is 0 Å². The first-order chi connectivity index (χ1) is 12.3. The third kappa shape index (κ3) is 4.91. The van der Waals surface area contributed by atoms with E-state index in [9.17, 15) is 18.4 Å². The molecule has 1 heterocycles. The Bertz CT molecular complexity index is 672. The number of nitrogens with zero attached hydrogens (tertiary/aromatic N) is 1. The van der Waals surface area contributed by atoms with Crippen LogP contribution in [-0.2, 0) is 4.79 Å². The molecule has 0 atom stereocenters. The minimum atomic E-state index is -2.98. The molecule has 0 spiro atoms. The first-order valence-corrected chi connectivity index (χ1v) is 9.45. The lowest BCUT2D eigenvalue weighted by Crippen LogP contribution is -2.55. The molecule has 2 aliphatic carbocycles. The van der Waals surface area contributed by atoms with Crippen molar-refractivity contribution >= 4 is 23.2 Å². The van der Waals surface area contributed by atoms with E-state index in [1.165, 1.54) is 6.07 Å². The van der Waals surface area contributed by atoms with E-state index < -0.39 is 18.5 Å². The van der Waals surface area contributed by atoms with Crippen LogP contribution in [0, 0.1) is 12.8 Å². The van der Waals surface area contributed by atoms with Gasteiger partial charge in [0, 0.05) is 23.5 Å². The number of amides is 1. The van der Waals surface area contributed by atoms with Crippen LogP contribution in [0.2, 0.25) is 0 Å². The topological polar surface area (TPSA) is 78.9 Å². The summed E-state index contributed by atoms with van der Waals surface area (Å²) in [4.78, 5) is 26.3. The van der Waals surface area contributed by atoms with Gasteiger partial charge in [-0.2, -0.15) is 8.78 Å². The normalized spacial score (nSPS) is 22.3. The average molecular weight is 388 g/mol. The number of carboxylic acid groups (broad SMARTS) is 1. The highest BCUT2D eigenvalue weighted by Gasteiger charge is 2.38. The van der Waals surface area contributed by atoms with Crippen LogP contribution in [0.5, 0.6) is 5.75 Å². The first kappa shape index (κ1) is 19.0. The van der Waals surface area contributed by atoms with Crippen molar-refractivity contribution in [1.29, 1.82) is 0 Å². The molecule has 1 aromatic heterocycles. The van der Waals surface area contributed by atoms with Crippen molar-refractivity contribution in [1.82, 2.24) is 10.2 Å². The van der Waals surface area contributed by atoms with Crippen molar-refractivity contribution in [3.05, 3.63) is 15.8 Å². The zero-order valence-corrected chi connectivity index (χ0v) is 15.2.